The van der Waals surface area contributed by atoms with Gasteiger partial charge < -0.3 is 5.32 Å². The molecule has 0 saturated carbocycles. The molecule has 10 nitrogen and oxygen atoms in total. The van der Waals surface area contributed by atoms with Crippen LogP contribution < -0.4 is 10.5 Å². The maximum Gasteiger partial charge on any atom is 0.240 e. The van der Waals surface area contributed by atoms with Gasteiger partial charge in [0, 0.05) is 24.7 Å². The van der Waals surface area contributed by atoms with Crippen molar-refractivity contribution in [2.75, 3.05) is 13.1 Å². The highest BCUT2D eigenvalue weighted by atomic mass is 32.2. The molecule has 12 heteroatoms. The fourth-order valence-corrected chi connectivity index (χ4v) is 6.46. The van der Waals surface area contributed by atoms with Gasteiger partial charge in [0.2, 0.25) is 15.8 Å². The molecule has 4 N–H and O–H groups in total. The summed E-state index contributed by atoms with van der Waals surface area (Å²) in [6.45, 7) is 1.07. The maximum absolute atomic E-state index is 13.2. The van der Waals surface area contributed by atoms with Crippen LogP contribution in [-0.2, 0) is 20.8 Å². The van der Waals surface area contributed by atoms with Gasteiger partial charge in [-0.25, -0.2) is 13.6 Å². The Bertz CT molecular complexity index is 1410. The van der Waals surface area contributed by atoms with Crippen molar-refractivity contribution in [1.82, 2.24) is 30.9 Å². The second-order valence-corrected chi connectivity index (χ2v) is 10.2. The quantitative estimate of drug-likeness (QED) is 0.399. The van der Waals surface area contributed by atoms with Crippen LogP contribution in [-0.4, -0.2) is 56.6 Å². The minimum absolute atomic E-state index is 0.0468. The first-order valence-corrected chi connectivity index (χ1v) is 12.1. The van der Waals surface area contributed by atoms with E-state index in [0.717, 1.165) is 16.5 Å². The number of fused-ring (bicyclic) bond motifs is 1. The van der Waals surface area contributed by atoms with Gasteiger partial charge >= 0.3 is 0 Å². The number of aromatic amines is 1. The van der Waals surface area contributed by atoms with Crippen molar-refractivity contribution >= 4 is 31.7 Å². The van der Waals surface area contributed by atoms with Crippen molar-refractivity contribution in [1.29, 1.82) is 0 Å². The Kier molecular flexibility index (Phi) is 4.85. The summed E-state index contributed by atoms with van der Waals surface area (Å²) in [6.07, 6.45) is 1.68. The lowest BCUT2D eigenvalue weighted by molar-refractivity contribution is 0.525. The van der Waals surface area contributed by atoms with Gasteiger partial charge in [0.25, 0.3) is 0 Å². The number of tetrazole rings is 1. The van der Waals surface area contributed by atoms with Crippen LogP contribution in [0.5, 0.6) is 0 Å². The zero-order valence-electron chi connectivity index (χ0n) is 16.0. The summed E-state index contributed by atoms with van der Waals surface area (Å²) in [6, 6.07) is 12.5. The highest BCUT2D eigenvalue weighted by Crippen LogP contribution is 2.40. The summed E-state index contributed by atoms with van der Waals surface area (Å²) < 4.78 is 38.7. The molecule has 0 spiro atoms. The molecule has 1 aliphatic heterocycles. The van der Waals surface area contributed by atoms with Crippen LogP contribution in [0.3, 0.4) is 0 Å². The van der Waals surface area contributed by atoms with Crippen molar-refractivity contribution < 1.29 is 12.6 Å². The standard InChI is InChI=1S/C19H17N7O3S2/c20-31(28,29)18-16(30(27)11-9-21-10-11)7-6-14(17(18)19-23-25-26-24-19)12-3-1-5-15-13(12)4-2-8-22-15/h1-8,11,21H,9-10H2,(H2,20,28,29)(H,23,24,25,26). The fourth-order valence-electron chi connectivity index (χ4n) is 3.65. The zero-order valence-corrected chi connectivity index (χ0v) is 17.7. The van der Waals surface area contributed by atoms with Gasteiger partial charge in [0.1, 0.15) is 4.90 Å². The van der Waals surface area contributed by atoms with Crippen LogP contribution >= 0.6 is 0 Å². The van der Waals surface area contributed by atoms with E-state index in [-0.39, 0.29) is 26.4 Å². The smallest absolute Gasteiger partial charge is 0.240 e. The molecule has 0 aliphatic carbocycles. The molecule has 2 aromatic carbocycles. The zero-order chi connectivity index (χ0) is 21.6. The van der Waals surface area contributed by atoms with E-state index in [2.05, 4.69) is 30.9 Å². The second kappa shape index (κ2) is 7.57. The lowest BCUT2D eigenvalue weighted by Crippen LogP contribution is -2.49. The molecule has 1 unspecified atom stereocenters. The van der Waals surface area contributed by atoms with Gasteiger partial charge in [-0.1, -0.05) is 24.3 Å². The number of nitrogens with two attached hydrogens (primary N) is 1. The van der Waals surface area contributed by atoms with Gasteiger partial charge in [-0.05, 0) is 34.5 Å². The molecule has 1 fully saturated rings. The molecule has 0 bridgehead atoms. The topological polar surface area (TPSA) is 157 Å². The number of sulfonamides is 1. The van der Waals surface area contributed by atoms with E-state index in [1.807, 2.05) is 24.3 Å². The van der Waals surface area contributed by atoms with E-state index >= 15 is 0 Å². The number of nitrogens with zero attached hydrogens (tertiary/aromatic N) is 4. The Morgan fingerprint density at radius 1 is 1.06 bits per heavy atom. The molecule has 1 saturated heterocycles. The SMILES string of the molecule is NS(=O)(=O)c1c(S(=O)C2CNC2)ccc(-c2cccc3ncccc23)c1-c1nn[nH]n1. The van der Waals surface area contributed by atoms with Crippen molar-refractivity contribution in [3.05, 3.63) is 48.7 Å². The second-order valence-electron chi connectivity index (χ2n) is 7.05. The Hall–Kier alpha value is -3.06. The highest BCUT2D eigenvalue weighted by Gasteiger charge is 2.33. The van der Waals surface area contributed by atoms with Gasteiger partial charge in [0.05, 0.1) is 32.0 Å². The third-order valence-electron chi connectivity index (χ3n) is 5.17. The number of rotatable bonds is 5. The molecule has 3 heterocycles. The molecule has 4 aromatic rings. The minimum Gasteiger partial charge on any atom is -0.314 e. The molecule has 1 atom stereocenters. The van der Waals surface area contributed by atoms with Crippen LogP contribution in [0.25, 0.3) is 33.4 Å². The Labute approximate surface area is 179 Å². The molecule has 0 radical (unpaired) electrons. The van der Waals surface area contributed by atoms with Crippen molar-refractivity contribution in [2.45, 2.75) is 15.0 Å². The van der Waals surface area contributed by atoms with Crippen molar-refractivity contribution in [3.8, 4) is 22.5 Å². The number of aromatic nitrogens is 5. The number of primary sulfonamides is 1. The predicted molar refractivity (Wildman–Crippen MR) is 115 cm³/mol. The summed E-state index contributed by atoms with van der Waals surface area (Å²) in [5, 5.41) is 23.3. The number of benzene rings is 2. The third-order valence-corrected chi connectivity index (χ3v) is 8.01. The molecule has 31 heavy (non-hydrogen) atoms. The predicted octanol–water partition coefficient (Wildman–Crippen LogP) is 0.809. The maximum atomic E-state index is 13.2. The Balaban J connectivity index is 1.87. The van der Waals surface area contributed by atoms with Gasteiger partial charge in [-0.2, -0.15) is 5.21 Å². The number of hydrogen-bond donors (Lipinski definition) is 3. The van der Waals surface area contributed by atoms with Gasteiger partial charge in [-0.3, -0.25) is 9.19 Å². The normalized spacial score (nSPS) is 15.6. The van der Waals surface area contributed by atoms with E-state index in [1.54, 1.807) is 24.4 Å². The van der Waals surface area contributed by atoms with Crippen molar-refractivity contribution in [2.24, 2.45) is 5.14 Å². The molecular formula is C19H17N7O3S2. The average Bonchev–Trinajstić information content (AvgIpc) is 3.25. The molecule has 1 aliphatic rings. The molecule has 0 amide bonds. The average molecular weight is 456 g/mol. The minimum atomic E-state index is -4.29. The van der Waals surface area contributed by atoms with Gasteiger partial charge in [-0.15, -0.1) is 10.2 Å². The number of nitrogens with one attached hydrogen (secondary N) is 2. The van der Waals surface area contributed by atoms with Crippen molar-refractivity contribution in [3.63, 3.8) is 0 Å². The van der Waals surface area contributed by atoms with E-state index in [4.69, 9.17) is 5.14 Å². The summed E-state index contributed by atoms with van der Waals surface area (Å²) in [5.41, 5.74) is 2.14. The van der Waals surface area contributed by atoms with Crippen LogP contribution in [0.1, 0.15) is 0 Å². The summed E-state index contributed by atoms with van der Waals surface area (Å²) in [5.74, 6) is 0.0468. The van der Waals surface area contributed by atoms with Crippen LogP contribution in [0, 0.1) is 0 Å². The highest BCUT2D eigenvalue weighted by molar-refractivity contribution is 7.91. The number of H-pyrrole nitrogens is 1. The van der Waals surface area contributed by atoms with Crippen LogP contribution in [0.2, 0.25) is 0 Å². The molecule has 5 rings (SSSR count). The van der Waals surface area contributed by atoms with E-state index in [9.17, 15) is 12.6 Å². The van der Waals surface area contributed by atoms with E-state index in [0.29, 0.717) is 18.7 Å². The molecule has 158 valence electrons. The monoisotopic (exact) mass is 455 g/mol. The third kappa shape index (κ3) is 3.43. The first-order chi connectivity index (χ1) is 14.9. The van der Waals surface area contributed by atoms with Crippen LogP contribution in [0.15, 0.2) is 58.5 Å². The molecular weight excluding hydrogens is 438 g/mol. The Morgan fingerprint density at radius 2 is 1.90 bits per heavy atom. The van der Waals surface area contributed by atoms with Crippen LogP contribution in [0.4, 0.5) is 0 Å². The van der Waals surface area contributed by atoms with E-state index < -0.39 is 20.8 Å². The lowest BCUT2D eigenvalue weighted by atomic mass is 9.95. The van der Waals surface area contributed by atoms with Gasteiger partial charge in [0.15, 0.2) is 0 Å². The lowest BCUT2D eigenvalue weighted by Gasteiger charge is -2.27. The largest absolute Gasteiger partial charge is 0.314 e. The summed E-state index contributed by atoms with van der Waals surface area (Å²) in [7, 11) is -5.87. The Morgan fingerprint density at radius 3 is 2.58 bits per heavy atom. The fraction of sp³-hybridized carbons (Fsp3) is 0.158. The first kappa shape index (κ1) is 19.9. The first-order valence-electron chi connectivity index (χ1n) is 9.34. The number of hydrogen-bond acceptors (Lipinski definition) is 8. The number of pyridine rings is 1. The van der Waals surface area contributed by atoms with E-state index in [1.165, 1.54) is 0 Å². The molecule has 2 aromatic heterocycles. The summed E-state index contributed by atoms with van der Waals surface area (Å²) in [4.78, 5) is 4.25. The summed E-state index contributed by atoms with van der Waals surface area (Å²) >= 11 is 0.